The number of hydrogen-bond acceptors (Lipinski definition) is 4. The molecule has 2 aromatic rings. The maximum absolute atomic E-state index is 11.2. The molecule has 6 nitrogen and oxygen atoms in total. The molecule has 4 rings (SSSR count). The molecule has 31 heavy (non-hydrogen) atoms. The highest BCUT2D eigenvalue weighted by Crippen LogP contribution is 2.24. The van der Waals surface area contributed by atoms with E-state index < -0.39 is 0 Å². The van der Waals surface area contributed by atoms with E-state index in [4.69, 9.17) is 9.47 Å². The van der Waals surface area contributed by atoms with Crippen molar-refractivity contribution >= 4 is 23.4 Å². The number of hydrogen-bond donors (Lipinski definition) is 0. The van der Waals surface area contributed by atoms with E-state index in [0.717, 1.165) is 79.0 Å². The number of carbonyl (C=O) groups excluding carboxylic acids is 2. The van der Waals surface area contributed by atoms with E-state index in [0.29, 0.717) is 0 Å². The number of quaternary nitrogens is 2. The van der Waals surface area contributed by atoms with E-state index in [1.165, 1.54) is 11.4 Å². The van der Waals surface area contributed by atoms with Crippen molar-refractivity contribution in [3.05, 3.63) is 59.7 Å². The molecule has 6 heteroatoms. The van der Waals surface area contributed by atoms with E-state index in [1.54, 1.807) is 6.92 Å². The normalized spacial score (nSPS) is 19.6. The highest BCUT2D eigenvalue weighted by Gasteiger charge is 2.28. The van der Waals surface area contributed by atoms with Gasteiger partial charge in [0.25, 0.3) is 0 Å². The van der Waals surface area contributed by atoms with Crippen LogP contribution in [0.5, 0.6) is 0 Å². The number of nitrogens with zero attached hydrogens (tertiary/aromatic N) is 2. The monoisotopic (exact) mass is 426 g/mol. The lowest BCUT2D eigenvalue weighted by Crippen LogP contribution is -2.53. The van der Waals surface area contributed by atoms with Crippen molar-refractivity contribution in [3.63, 3.8) is 0 Å². The molecule has 0 aliphatic carbocycles. The van der Waals surface area contributed by atoms with Crippen LogP contribution in [0.25, 0.3) is 0 Å². The average Bonchev–Trinajstić information content (AvgIpc) is 2.81. The smallest absolute Gasteiger partial charge is 0.159 e. The SMILES string of the molecule is CC(=O)c1ccc([N+]2(C)CCOCC2)cc1.C[N+]1(c2ccc(C=O)cc2)CCOCC1. The van der Waals surface area contributed by atoms with Crippen molar-refractivity contribution in [2.75, 3.05) is 66.7 Å². The van der Waals surface area contributed by atoms with Gasteiger partial charge in [0.2, 0.25) is 0 Å². The molecule has 0 spiro atoms. The first-order valence-corrected chi connectivity index (χ1v) is 10.9. The zero-order valence-electron chi connectivity index (χ0n) is 18.9. The predicted octanol–water partition coefficient (Wildman–Crippen LogP) is 3.32. The summed E-state index contributed by atoms with van der Waals surface area (Å²) in [4.78, 5) is 21.7. The van der Waals surface area contributed by atoms with Crippen LogP contribution >= 0.6 is 0 Å². The molecular formula is C25H34N2O4+2. The molecule has 0 saturated carbocycles. The Morgan fingerprint density at radius 3 is 1.48 bits per heavy atom. The number of likely N-dealkylation sites (N-methyl/N-ethyl adjacent to an activating group) is 2. The van der Waals surface area contributed by atoms with Crippen LogP contribution in [-0.4, -0.2) is 78.8 Å². The minimum atomic E-state index is 0.121. The summed E-state index contributed by atoms with van der Waals surface area (Å²) < 4.78 is 12.5. The summed E-state index contributed by atoms with van der Waals surface area (Å²) in [5.74, 6) is 0.121. The maximum atomic E-state index is 11.2. The number of ether oxygens (including phenoxy) is 2. The van der Waals surface area contributed by atoms with Crippen LogP contribution in [0.3, 0.4) is 0 Å². The Bertz CT molecular complexity index is 865. The molecular weight excluding hydrogens is 392 g/mol. The summed E-state index contributed by atoms with van der Waals surface area (Å²) in [6.45, 7) is 8.84. The third kappa shape index (κ3) is 5.86. The summed E-state index contributed by atoms with van der Waals surface area (Å²) in [7, 11) is 4.42. The van der Waals surface area contributed by atoms with Gasteiger partial charge in [-0.1, -0.05) is 0 Å². The topological polar surface area (TPSA) is 52.6 Å². The number of morpholine rings is 2. The Labute approximate surface area is 185 Å². The van der Waals surface area contributed by atoms with E-state index in [-0.39, 0.29) is 5.78 Å². The number of ketones is 1. The first-order chi connectivity index (χ1) is 14.9. The predicted molar refractivity (Wildman–Crippen MR) is 125 cm³/mol. The van der Waals surface area contributed by atoms with Gasteiger partial charge in [-0.2, -0.15) is 0 Å². The second-order valence-corrected chi connectivity index (χ2v) is 8.72. The van der Waals surface area contributed by atoms with Crippen molar-refractivity contribution in [3.8, 4) is 0 Å². The van der Waals surface area contributed by atoms with Gasteiger partial charge in [0, 0.05) is 11.1 Å². The lowest BCUT2D eigenvalue weighted by atomic mass is 10.1. The molecule has 0 unspecified atom stereocenters. The quantitative estimate of drug-likeness (QED) is 0.428. The maximum Gasteiger partial charge on any atom is 0.159 e. The van der Waals surface area contributed by atoms with Gasteiger partial charge in [0.1, 0.15) is 43.8 Å². The van der Waals surface area contributed by atoms with Gasteiger partial charge in [-0.15, -0.1) is 0 Å². The Hall–Kier alpha value is -2.38. The number of aldehydes is 1. The molecule has 2 saturated heterocycles. The highest BCUT2D eigenvalue weighted by molar-refractivity contribution is 5.94. The Morgan fingerprint density at radius 1 is 0.742 bits per heavy atom. The van der Waals surface area contributed by atoms with Gasteiger partial charge in [0.05, 0.1) is 40.5 Å². The van der Waals surface area contributed by atoms with Crippen molar-refractivity contribution in [1.82, 2.24) is 8.97 Å². The molecule has 2 aliphatic heterocycles. The fourth-order valence-corrected chi connectivity index (χ4v) is 3.98. The first-order valence-electron chi connectivity index (χ1n) is 10.9. The highest BCUT2D eigenvalue weighted by atomic mass is 16.5. The van der Waals surface area contributed by atoms with Crippen LogP contribution in [0.4, 0.5) is 11.4 Å². The number of rotatable bonds is 4. The van der Waals surface area contributed by atoms with Crippen LogP contribution in [0.2, 0.25) is 0 Å². The number of benzene rings is 2. The average molecular weight is 427 g/mol. The summed E-state index contributed by atoms with van der Waals surface area (Å²) >= 11 is 0. The molecule has 2 heterocycles. The van der Waals surface area contributed by atoms with Gasteiger partial charge in [-0.05, 0) is 55.5 Å². The van der Waals surface area contributed by atoms with Crippen LogP contribution in [0, 0.1) is 0 Å². The number of Topliss-reactive ketones (excluding diaryl/α,β-unsaturated/α-hetero) is 1. The summed E-state index contributed by atoms with van der Waals surface area (Å²) in [5.41, 5.74) is 4.03. The van der Waals surface area contributed by atoms with Crippen LogP contribution in [0.1, 0.15) is 27.6 Å². The molecule has 0 aromatic heterocycles. The Kier molecular flexibility index (Phi) is 7.73. The van der Waals surface area contributed by atoms with Gasteiger partial charge in [-0.3, -0.25) is 18.6 Å². The number of carbonyl (C=O) groups is 2. The van der Waals surface area contributed by atoms with Crippen molar-refractivity contribution in [2.45, 2.75) is 6.92 Å². The van der Waals surface area contributed by atoms with Crippen LogP contribution in [-0.2, 0) is 9.47 Å². The molecule has 0 amide bonds. The second kappa shape index (κ2) is 10.3. The summed E-state index contributed by atoms with van der Waals surface area (Å²) in [5, 5.41) is 0. The molecule has 0 atom stereocenters. The van der Waals surface area contributed by atoms with E-state index in [9.17, 15) is 9.59 Å². The summed E-state index contributed by atoms with van der Waals surface area (Å²) in [6, 6.07) is 15.8. The molecule has 0 N–H and O–H groups in total. The molecule has 166 valence electrons. The Morgan fingerprint density at radius 2 is 1.13 bits per heavy atom. The lowest BCUT2D eigenvalue weighted by Gasteiger charge is -2.37. The standard InChI is InChI=1S/C13H18NO2.C12H16NO2/c1-11(15)12-3-5-13(6-4-12)14(2)7-9-16-10-8-14;1-13(6-8-15-9-7-13)12-4-2-11(10-14)3-5-12/h3-6H,7-10H2,1-2H3;2-5,10H,6-9H2,1H3/q2*+1. The van der Waals surface area contributed by atoms with Crippen molar-refractivity contribution < 1.29 is 19.1 Å². The van der Waals surface area contributed by atoms with E-state index in [2.05, 4.69) is 26.2 Å². The molecule has 2 aliphatic rings. The molecule has 0 radical (unpaired) electrons. The van der Waals surface area contributed by atoms with E-state index in [1.807, 2.05) is 36.4 Å². The first kappa shape index (κ1) is 23.3. The zero-order chi connectivity index (χ0) is 22.3. The molecule has 2 fully saturated rings. The lowest BCUT2D eigenvalue weighted by molar-refractivity contribution is 0.0525. The van der Waals surface area contributed by atoms with Gasteiger partial charge in [-0.25, -0.2) is 0 Å². The summed E-state index contributed by atoms with van der Waals surface area (Å²) in [6.07, 6.45) is 0.878. The molecule has 0 bridgehead atoms. The third-order valence-electron chi connectivity index (χ3n) is 6.47. The van der Waals surface area contributed by atoms with Gasteiger partial charge in [0.15, 0.2) is 5.78 Å². The molecule has 2 aromatic carbocycles. The largest absolute Gasteiger partial charge is 0.370 e. The van der Waals surface area contributed by atoms with Gasteiger partial charge >= 0.3 is 0 Å². The fraction of sp³-hybridized carbons (Fsp3) is 0.440. The van der Waals surface area contributed by atoms with Crippen LogP contribution in [0.15, 0.2) is 48.5 Å². The van der Waals surface area contributed by atoms with Gasteiger partial charge < -0.3 is 9.47 Å². The fourth-order valence-electron chi connectivity index (χ4n) is 3.98. The van der Waals surface area contributed by atoms with Crippen LogP contribution < -0.4 is 8.97 Å². The minimum Gasteiger partial charge on any atom is -0.370 e. The minimum absolute atomic E-state index is 0.121. The van der Waals surface area contributed by atoms with Crippen molar-refractivity contribution in [2.24, 2.45) is 0 Å². The zero-order valence-corrected chi connectivity index (χ0v) is 18.9. The van der Waals surface area contributed by atoms with Crippen molar-refractivity contribution in [1.29, 1.82) is 0 Å². The third-order valence-corrected chi connectivity index (χ3v) is 6.47. The second-order valence-electron chi connectivity index (χ2n) is 8.72. The Balaban J connectivity index is 0.000000176. The van der Waals surface area contributed by atoms with E-state index >= 15 is 0 Å².